The van der Waals surface area contributed by atoms with Gasteiger partial charge in [-0.3, -0.25) is 4.98 Å². The highest BCUT2D eigenvalue weighted by molar-refractivity contribution is 14.1. The van der Waals surface area contributed by atoms with Gasteiger partial charge in [0.15, 0.2) is 0 Å². The number of nitrogens with zero attached hydrogens (tertiary/aromatic N) is 3. The number of nitrogens with two attached hydrogens (primary N) is 1. The molecule has 3 aromatic rings. The molecule has 4 rings (SSSR count). The van der Waals surface area contributed by atoms with Gasteiger partial charge in [-0.1, -0.05) is 36.4 Å². The standard InChI is InChI=1S/C21H22IN5O2/c22-18-19(14-5-2-1-3-6-14)26-21(23)27-20(18)24-11-15-7-4-8-16(25-15)12-29-17-9-10-28-13-17/h1-8,17H,9-13H2,(H3,23,24,26,27)/t17-/m0/s1. The van der Waals surface area contributed by atoms with Crippen molar-refractivity contribution < 1.29 is 9.47 Å². The Hall–Kier alpha value is -2.30. The average Bonchev–Trinajstić information content (AvgIpc) is 3.27. The second-order valence-corrected chi connectivity index (χ2v) is 7.81. The molecule has 2 aromatic heterocycles. The summed E-state index contributed by atoms with van der Waals surface area (Å²) in [6, 6.07) is 15.9. The molecule has 8 heteroatoms. The Morgan fingerprint density at radius 1 is 1.07 bits per heavy atom. The van der Waals surface area contributed by atoms with E-state index >= 15 is 0 Å². The zero-order chi connectivity index (χ0) is 20.1. The molecule has 0 saturated carbocycles. The number of hydrogen-bond donors (Lipinski definition) is 2. The third-order valence-electron chi connectivity index (χ3n) is 4.57. The summed E-state index contributed by atoms with van der Waals surface area (Å²) in [4.78, 5) is 13.5. The van der Waals surface area contributed by atoms with Gasteiger partial charge in [0, 0.05) is 12.2 Å². The van der Waals surface area contributed by atoms with Crippen molar-refractivity contribution in [3.05, 3.63) is 63.5 Å². The van der Waals surface area contributed by atoms with Crippen molar-refractivity contribution in [1.82, 2.24) is 15.0 Å². The number of anilines is 2. The quantitative estimate of drug-likeness (QED) is 0.476. The molecule has 150 valence electrons. The Morgan fingerprint density at radius 2 is 1.90 bits per heavy atom. The van der Waals surface area contributed by atoms with Crippen LogP contribution < -0.4 is 11.1 Å². The molecule has 0 spiro atoms. The van der Waals surface area contributed by atoms with Gasteiger partial charge in [-0.05, 0) is 41.1 Å². The number of benzene rings is 1. The van der Waals surface area contributed by atoms with Crippen molar-refractivity contribution in [3.8, 4) is 11.3 Å². The van der Waals surface area contributed by atoms with E-state index in [1.165, 1.54) is 0 Å². The Balaban J connectivity index is 1.45. The number of aromatic nitrogens is 3. The number of halogens is 1. The lowest BCUT2D eigenvalue weighted by Crippen LogP contribution is -2.13. The van der Waals surface area contributed by atoms with Crippen LogP contribution in [0.25, 0.3) is 11.3 Å². The van der Waals surface area contributed by atoms with Gasteiger partial charge in [-0.2, -0.15) is 4.98 Å². The summed E-state index contributed by atoms with van der Waals surface area (Å²) in [5, 5.41) is 3.34. The summed E-state index contributed by atoms with van der Waals surface area (Å²) in [6.07, 6.45) is 1.11. The van der Waals surface area contributed by atoms with Crippen LogP contribution in [-0.4, -0.2) is 34.3 Å². The molecule has 3 heterocycles. The molecule has 0 amide bonds. The Bertz CT molecular complexity index is 965. The lowest BCUT2D eigenvalue weighted by molar-refractivity contribution is 0.0301. The summed E-state index contributed by atoms with van der Waals surface area (Å²) < 4.78 is 12.1. The van der Waals surface area contributed by atoms with E-state index < -0.39 is 0 Å². The minimum atomic E-state index is 0.167. The minimum Gasteiger partial charge on any atom is -0.379 e. The van der Waals surface area contributed by atoms with Crippen LogP contribution in [0.5, 0.6) is 0 Å². The first kappa shape index (κ1) is 20.0. The Labute approximate surface area is 183 Å². The van der Waals surface area contributed by atoms with Crippen molar-refractivity contribution in [1.29, 1.82) is 0 Å². The van der Waals surface area contributed by atoms with Crippen LogP contribution >= 0.6 is 22.6 Å². The lowest BCUT2D eigenvalue weighted by Gasteiger charge is -2.13. The van der Waals surface area contributed by atoms with Crippen LogP contribution in [0, 0.1) is 3.57 Å². The summed E-state index contributed by atoms with van der Waals surface area (Å²) in [6.45, 7) is 2.45. The van der Waals surface area contributed by atoms with Crippen molar-refractivity contribution in [3.63, 3.8) is 0 Å². The largest absolute Gasteiger partial charge is 0.379 e. The van der Waals surface area contributed by atoms with Crippen LogP contribution in [0.4, 0.5) is 11.8 Å². The molecule has 0 unspecified atom stereocenters. The molecular weight excluding hydrogens is 481 g/mol. The van der Waals surface area contributed by atoms with Crippen LogP contribution in [-0.2, 0) is 22.6 Å². The van der Waals surface area contributed by atoms with Crippen molar-refractivity contribution in [2.24, 2.45) is 0 Å². The first-order valence-corrected chi connectivity index (χ1v) is 10.5. The van der Waals surface area contributed by atoms with Gasteiger partial charge in [0.05, 0.1) is 46.5 Å². The molecule has 1 fully saturated rings. The van der Waals surface area contributed by atoms with Gasteiger partial charge in [-0.25, -0.2) is 4.98 Å². The summed E-state index contributed by atoms with van der Waals surface area (Å²) in [7, 11) is 0. The average molecular weight is 503 g/mol. The number of pyridine rings is 1. The van der Waals surface area contributed by atoms with Gasteiger partial charge >= 0.3 is 0 Å². The van der Waals surface area contributed by atoms with Crippen LogP contribution in [0.2, 0.25) is 0 Å². The Kier molecular flexibility index (Phi) is 6.53. The molecule has 1 aliphatic heterocycles. The fourth-order valence-corrected chi connectivity index (χ4v) is 3.84. The van der Waals surface area contributed by atoms with Crippen LogP contribution in [0.1, 0.15) is 17.8 Å². The van der Waals surface area contributed by atoms with Gasteiger partial charge in [-0.15, -0.1) is 0 Å². The van der Waals surface area contributed by atoms with E-state index in [0.29, 0.717) is 25.6 Å². The zero-order valence-corrected chi connectivity index (χ0v) is 18.0. The number of rotatable bonds is 7. The normalized spacial score (nSPS) is 16.1. The van der Waals surface area contributed by atoms with E-state index in [2.05, 4.69) is 42.9 Å². The number of hydrogen-bond acceptors (Lipinski definition) is 7. The SMILES string of the molecule is Nc1nc(NCc2cccc(CO[C@H]3CCOC3)n2)c(I)c(-c2ccccc2)n1. The molecule has 0 bridgehead atoms. The maximum Gasteiger partial charge on any atom is 0.222 e. The maximum atomic E-state index is 5.95. The fraction of sp³-hybridized carbons (Fsp3) is 0.286. The molecule has 29 heavy (non-hydrogen) atoms. The topological polar surface area (TPSA) is 95.2 Å². The van der Waals surface area contributed by atoms with Crippen molar-refractivity contribution in [2.75, 3.05) is 24.3 Å². The van der Waals surface area contributed by atoms with Gasteiger partial charge in [0.1, 0.15) is 5.82 Å². The summed E-state index contributed by atoms with van der Waals surface area (Å²) in [5.41, 5.74) is 9.57. The molecule has 7 nitrogen and oxygen atoms in total. The molecule has 3 N–H and O–H groups in total. The molecule has 1 atom stereocenters. The predicted molar refractivity (Wildman–Crippen MR) is 120 cm³/mol. The van der Waals surface area contributed by atoms with E-state index in [4.69, 9.17) is 15.2 Å². The first-order chi connectivity index (χ1) is 14.2. The molecule has 1 aromatic carbocycles. The second kappa shape index (κ2) is 9.47. The van der Waals surface area contributed by atoms with E-state index in [0.717, 1.165) is 39.2 Å². The highest BCUT2D eigenvalue weighted by Gasteiger charge is 2.16. The molecular formula is C21H22IN5O2. The lowest BCUT2D eigenvalue weighted by atomic mass is 10.1. The summed E-state index contributed by atoms with van der Waals surface area (Å²) >= 11 is 2.25. The molecule has 1 saturated heterocycles. The third kappa shape index (κ3) is 5.20. The zero-order valence-electron chi connectivity index (χ0n) is 15.8. The molecule has 1 aliphatic rings. The van der Waals surface area contributed by atoms with Crippen molar-refractivity contribution in [2.45, 2.75) is 25.7 Å². The fourth-order valence-electron chi connectivity index (χ4n) is 3.10. The number of nitrogens with one attached hydrogen (secondary N) is 1. The number of ether oxygens (including phenoxy) is 2. The highest BCUT2D eigenvalue weighted by Crippen LogP contribution is 2.28. The van der Waals surface area contributed by atoms with Gasteiger partial charge < -0.3 is 20.5 Å². The van der Waals surface area contributed by atoms with E-state index in [1.807, 2.05) is 48.5 Å². The van der Waals surface area contributed by atoms with Crippen LogP contribution in [0.15, 0.2) is 48.5 Å². The molecule has 0 aliphatic carbocycles. The molecule has 0 radical (unpaired) electrons. The van der Waals surface area contributed by atoms with E-state index in [1.54, 1.807) is 0 Å². The second-order valence-electron chi connectivity index (χ2n) is 6.73. The van der Waals surface area contributed by atoms with Gasteiger partial charge in [0.2, 0.25) is 5.95 Å². The highest BCUT2D eigenvalue weighted by atomic mass is 127. The van der Waals surface area contributed by atoms with E-state index in [-0.39, 0.29) is 12.1 Å². The maximum absolute atomic E-state index is 5.95. The van der Waals surface area contributed by atoms with E-state index in [9.17, 15) is 0 Å². The third-order valence-corrected chi connectivity index (χ3v) is 5.59. The van der Waals surface area contributed by atoms with Crippen LogP contribution in [0.3, 0.4) is 0 Å². The predicted octanol–water partition coefficient (Wildman–Crippen LogP) is 3.64. The first-order valence-electron chi connectivity index (χ1n) is 9.45. The minimum absolute atomic E-state index is 0.167. The monoisotopic (exact) mass is 503 g/mol. The summed E-state index contributed by atoms with van der Waals surface area (Å²) in [5.74, 6) is 0.934. The smallest absolute Gasteiger partial charge is 0.222 e. The number of nitrogen functional groups attached to an aromatic ring is 1. The van der Waals surface area contributed by atoms with Crippen molar-refractivity contribution >= 4 is 34.4 Å². The van der Waals surface area contributed by atoms with Gasteiger partial charge in [0.25, 0.3) is 0 Å². The Morgan fingerprint density at radius 3 is 2.69 bits per heavy atom.